The van der Waals surface area contributed by atoms with Gasteiger partial charge in [-0.3, -0.25) is 9.59 Å². The molecule has 5 nitrogen and oxygen atoms in total. The Balaban J connectivity index is 1.73. The molecule has 1 aromatic carbocycles. The molecule has 1 aliphatic rings. The van der Waals surface area contributed by atoms with Crippen LogP contribution in [0.25, 0.3) is 0 Å². The van der Waals surface area contributed by atoms with Crippen molar-refractivity contribution in [1.82, 2.24) is 9.80 Å². The maximum Gasteiger partial charge on any atom is 0.242 e. The summed E-state index contributed by atoms with van der Waals surface area (Å²) in [5.74, 6) is 0.308. The summed E-state index contributed by atoms with van der Waals surface area (Å²) in [7, 11) is 0. The molecule has 162 valence electrons. The highest BCUT2D eigenvalue weighted by atomic mass is 19.1. The molecule has 1 heterocycles. The second kappa shape index (κ2) is 10.4. The number of furan rings is 1. The van der Waals surface area contributed by atoms with Gasteiger partial charge in [0.05, 0.1) is 12.8 Å². The van der Waals surface area contributed by atoms with Gasteiger partial charge in [0, 0.05) is 18.5 Å². The van der Waals surface area contributed by atoms with E-state index in [1.807, 2.05) is 19.9 Å². The van der Waals surface area contributed by atoms with Crippen molar-refractivity contribution in [3.63, 3.8) is 0 Å². The molecule has 0 N–H and O–H groups in total. The topological polar surface area (TPSA) is 53.8 Å². The van der Waals surface area contributed by atoms with Crippen LogP contribution in [-0.2, 0) is 22.7 Å². The van der Waals surface area contributed by atoms with Gasteiger partial charge in [0.1, 0.15) is 18.1 Å². The van der Waals surface area contributed by atoms with Crippen LogP contribution in [-0.4, -0.2) is 34.2 Å². The van der Waals surface area contributed by atoms with Gasteiger partial charge in [-0.2, -0.15) is 0 Å². The van der Waals surface area contributed by atoms with Gasteiger partial charge >= 0.3 is 0 Å². The van der Waals surface area contributed by atoms with E-state index in [2.05, 4.69) is 0 Å². The molecule has 2 amide bonds. The van der Waals surface area contributed by atoms with Crippen molar-refractivity contribution >= 4 is 11.8 Å². The van der Waals surface area contributed by atoms with E-state index in [0.29, 0.717) is 18.8 Å². The number of benzene rings is 1. The quantitative estimate of drug-likeness (QED) is 0.626. The summed E-state index contributed by atoms with van der Waals surface area (Å²) >= 11 is 0. The molecule has 0 aliphatic heterocycles. The molecule has 0 bridgehead atoms. The predicted molar refractivity (Wildman–Crippen MR) is 113 cm³/mol. The van der Waals surface area contributed by atoms with Crippen LogP contribution < -0.4 is 0 Å². The summed E-state index contributed by atoms with van der Waals surface area (Å²) in [4.78, 5) is 29.7. The monoisotopic (exact) mass is 414 g/mol. The van der Waals surface area contributed by atoms with Crippen molar-refractivity contribution in [1.29, 1.82) is 0 Å². The molecular formula is C24H31FN2O3. The Labute approximate surface area is 177 Å². The summed E-state index contributed by atoms with van der Waals surface area (Å²) in [5.41, 5.74) is 0.825. The van der Waals surface area contributed by atoms with E-state index in [4.69, 9.17) is 4.42 Å². The third-order valence-electron chi connectivity index (χ3n) is 5.73. The van der Waals surface area contributed by atoms with Crippen molar-refractivity contribution in [3.05, 3.63) is 59.8 Å². The molecule has 2 aromatic rings. The van der Waals surface area contributed by atoms with E-state index in [1.54, 1.807) is 34.3 Å². The van der Waals surface area contributed by atoms with Gasteiger partial charge in [-0.25, -0.2) is 4.39 Å². The Kier molecular flexibility index (Phi) is 7.66. The average Bonchev–Trinajstić information content (AvgIpc) is 3.26. The Hall–Kier alpha value is -2.63. The summed E-state index contributed by atoms with van der Waals surface area (Å²) in [6.45, 7) is 4.56. The molecule has 0 atom stereocenters. The zero-order valence-electron chi connectivity index (χ0n) is 17.9. The summed E-state index contributed by atoms with van der Waals surface area (Å²) < 4.78 is 18.7. The van der Waals surface area contributed by atoms with E-state index in [-0.39, 0.29) is 36.1 Å². The average molecular weight is 415 g/mol. The Morgan fingerprint density at radius 3 is 2.37 bits per heavy atom. The van der Waals surface area contributed by atoms with Gasteiger partial charge in [-0.05, 0) is 56.5 Å². The summed E-state index contributed by atoms with van der Waals surface area (Å²) in [6.07, 6.45) is 6.71. The van der Waals surface area contributed by atoms with Crippen LogP contribution >= 0.6 is 0 Å². The Bertz CT molecular complexity index is 811. The number of hydrogen-bond acceptors (Lipinski definition) is 3. The fourth-order valence-corrected chi connectivity index (χ4v) is 3.98. The van der Waals surface area contributed by atoms with E-state index in [0.717, 1.165) is 31.2 Å². The highest BCUT2D eigenvalue weighted by molar-refractivity contribution is 5.86. The molecule has 0 spiro atoms. The number of carbonyl (C=O) groups excluding carboxylic acids is 2. The molecule has 3 rings (SSSR count). The smallest absolute Gasteiger partial charge is 0.242 e. The molecule has 30 heavy (non-hydrogen) atoms. The SMILES string of the molecule is CC(C)N(CC(=O)N(Cc1ccc(F)cc1)Cc1ccco1)C(=O)C1CCCCC1. The maximum absolute atomic E-state index is 13.3. The molecule has 6 heteroatoms. The lowest BCUT2D eigenvalue weighted by Gasteiger charge is -2.33. The van der Waals surface area contributed by atoms with Crippen LogP contribution in [0.3, 0.4) is 0 Å². The summed E-state index contributed by atoms with van der Waals surface area (Å²) in [6, 6.07) is 9.66. The molecule has 0 unspecified atom stereocenters. The lowest BCUT2D eigenvalue weighted by atomic mass is 9.88. The van der Waals surface area contributed by atoms with Crippen LogP contribution in [0.5, 0.6) is 0 Å². The minimum atomic E-state index is -0.313. The first kappa shape index (κ1) is 22.1. The van der Waals surface area contributed by atoms with Gasteiger partial charge in [0.25, 0.3) is 0 Å². The molecule has 0 saturated heterocycles. The number of carbonyl (C=O) groups is 2. The molecule has 1 aliphatic carbocycles. The first-order valence-corrected chi connectivity index (χ1v) is 10.8. The van der Waals surface area contributed by atoms with Crippen molar-refractivity contribution in [2.45, 2.75) is 65.1 Å². The first-order valence-electron chi connectivity index (χ1n) is 10.8. The minimum Gasteiger partial charge on any atom is -0.467 e. The fraction of sp³-hybridized carbons (Fsp3) is 0.500. The largest absolute Gasteiger partial charge is 0.467 e. The third kappa shape index (κ3) is 5.94. The zero-order chi connectivity index (χ0) is 21.5. The van der Waals surface area contributed by atoms with E-state index < -0.39 is 0 Å². The standard InChI is InChI=1S/C24H31FN2O3/c1-18(2)27(24(29)20-7-4-3-5-8-20)17-23(28)26(16-22-9-6-14-30-22)15-19-10-12-21(25)13-11-19/h6,9-14,18,20H,3-5,7-8,15-17H2,1-2H3. The van der Waals surface area contributed by atoms with Crippen LogP contribution in [0.4, 0.5) is 4.39 Å². The molecule has 0 radical (unpaired) electrons. The fourth-order valence-electron chi connectivity index (χ4n) is 3.98. The van der Waals surface area contributed by atoms with Crippen molar-refractivity contribution in [2.24, 2.45) is 5.92 Å². The number of nitrogens with zero attached hydrogens (tertiary/aromatic N) is 2. The zero-order valence-corrected chi connectivity index (χ0v) is 17.9. The van der Waals surface area contributed by atoms with Gasteiger partial charge in [-0.1, -0.05) is 31.4 Å². The number of hydrogen-bond donors (Lipinski definition) is 0. The van der Waals surface area contributed by atoms with Crippen LogP contribution in [0.15, 0.2) is 47.1 Å². The first-order chi connectivity index (χ1) is 14.4. The Morgan fingerprint density at radius 1 is 1.07 bits per heavy atom. The lowest BCUT2D eigenvalue weighted by Crippen LogP contribution is -2.47. The highest BCUT2D eigenvalue weighted by Gasteiger charge is 2.30. The molecule has 1 saturated carbocycles. The normalized spacial score (nSPS) is 14.7. The maximum atomic E-state index is 13.3. The number of amides is 2. The number of halogens is 1. The predicted octanol–water partition coefficient (Wildman–Crippen LogP) is 4.76. The van der Waals surface area contributed by atoms with E-state index >= 15 is 0 Å². The molecule has 1 aromatic heterocycles. The van der Waals surface area contributed by atoms with Crippen LogP contribution in [0, 0.1) is 11.7 Å². The van der Waals surface area contributed by atoms with E-state index in [9.17, 15) is 14.0 Å². The van der Waals surface area contributed by atoms with Crippen LogP contribution in [0.1, 0.15) is 57.3 Å². The van der Waals surface area contributed by atoms with Crippen molar-refractivity contribution < 1.29 is 18.4 Å². The van der Waals surface area contributed by atoms with Crippen LogP contribution in [0.2, 0.25) is 0 Å². The summed E-state index contributed by atoms with van der Waals surface area (Å²) in [5, 5.41) is 0. The molecular weight excluding hydrogens is 383 g/mol. The van der Waals surface area contributed by atoms with Crippen molar-refractivity contribution in [2.75, 3.05) is 6.54 Å². The van der Waals surface area contributed by atoms with E-state index in [1.165, 1.54) is 18.6 Å². The van der Waals surface area contributed by atoms with Crippen molar-refractivity contribution in [3.8, 4) is 0 Å². The van der Waals surface area contributed by atoms with Gasteiger partial charge in [0.2, 0.25) is 11.8 Å². The van der Waals surface area contributed by atoms with Gasteiger partial charge in [0.15, 0.2) is 0 Å². The highest BCUT2D eigenvalue weighted by Crippen LogP contribution is 2.26. The van der Waals surface area contributed by atoms with Gasteiger partial charge < -0.3 is 14.2 Å². The van der Waals surface area contributed by atoms with Gasteiger partial charge in [-0.15, -0.1) is 0 Å². The minimum absolute atomic E-state index is 0.0181. The number of rotatable bonds is 8. The molecule has 1 fully saturated rings. The second-order valence-corrected chi connectivity index (χ2v) is 8.35. The third-order valence-corrected chi connectivity index (χ3v) is 5.73. The lowest BCUT2D eigenvalue weighted by molar-refractivity contribution is -0.146. The second-order valence-electron chi connectivity index (χ2n) is 8.35. The Morgan fingerprint density at radius 2 is 1.77 bits per heavy atom.